The monoisotopic (exact) mass is 228 g/mol. The van der Waals surface area contributed by atoms with E-state index < -0.39 is 0 Å². The summed E-state index contributed by atoms with van der Waals surface area (Å²) in [5, 5.41) is 14.0. The number of aliphatic hydroxyl groups is 1. The summed E-state index contributed by atoms with van der Waals surface area (Å²) >= 11 is 1.70. The van der Waals surface area contributed by atoms with Gasteiger partial charge >= 0.3 is 0 Å². The molecule has 0 saturated carbocycles. The van der Waals surface area contributed by atoms with Gasteiger partial charge in [0.2, 0.25) is 0 Å². The first-order valence-electron chi connectivity index (χ1n) is 5.38. The van der Waals surface area contributed by atoms with E-state index in [0.29, 0.717) is 12.5 Å². The van der Waals surface area contributed by atoms with Gasteiger partial charge in [-0.1, -0.05) is 13.8 Å². The highest BCUT2D eigenvalue weighted by atomic mass is 32.1. The van der Waals surface area contributed by atoms with Crippen LogP contribution in [0.25, 0.3) is 0 Å². The lowest BCUT2D eigenvalue weighted by atomic mass is 10.1. The molecule has 1 rings (SSSR count). The predicted molar refractivity (Wildman–Crippen MR) is 64.0 cm³/mol. The number of nitrogens with one attached hydrogen (secondary N) is 1. The summed E-state index contributed by atoms with van der Waals surface area (Å²) in [6.07, 6.45) is 2.51. The van der Waals surface area contributed by atoms with E-state index in [1.807, 2.05) is 13.1 Å². The second-order valence-corrected chi connectivity index (χ2v) is 5.58. The van der Waals surface area contributed by atoms with Gasteiger partial charge < -0.3 is 10.4 Å². The lowest BCUT2D eigenvalue weighted by Gasteiger charge is -2.13. The fraction of sp³-hybridized carbons (Fsp3) is 0.727. The highest BCUT2D eigenvalue weighted by Crippen LogP contribution is 2.11. The van der Waals surface area contributed by atoms with Gasteiger partial charge in [-0.15, -0.1) is 11.3 Å². The molecule has 86 valence electrons. The second kappa shape index (κ2) is 6.20. The van der Waals surface area contributed by atoms with Crippen LogP contribution in [0.3, 0.4) is 0 Å². The van der Waals surface area contributed by atoms with Crippen molar-refractivity contribution in [1.82, 2.24) is 10.3 Å². The molecule has 1 aromatic rings. The molecule has 1 unspecified atom stereocenters. The van der Waals surface area contributed by atoms with Crippen LogP contribution in [-0.4, -0.2) is 22.7 Å². The van der Waals surface area contributed by atoms with E-state index in [1.54, 1.807) is 11.3 Å². The molecule has 0 aliphatic heterocycles. The summed E-state index contributed by atoms with van der Waals surface area (Å²) in [7, 11) is 0. The zero-order chi connectivity index (χ0) is 11.3. The second-order valence-electron chi connectivity index (χ2n) is 4.26. The fourth-order valence-electron chi connectivity index (χ4n) is 1.48. The number of aromatic nitrogens is 1. The van der Waals surface area contributed by atoms with Crippen LogP contribution < -0.4 is 5.32 Å². The van der Waals surface area contributed by atoms with E-state index >= 15 is 0 Å². The average Bonchev–Trinajstić information content (AvgIpc) is 2.50. The van der Waals surface area contributed by atoms with E-state index in [2.05, 4.69) is 24.1 Å². The van der Waals surface area contributed by atoms with E-state index in [9.17, 15) is 5.11 Å². The van der Waals surface area contributed by atoms with E-state index in [0.717, 1.165) is 18.0 Å². The Bertz CT molecular complexity index is 286. The van der Waals surface area contributed by atoms with Crippen LogP contribution in [0, 0.1) is 12.8 Å². The quantitative estimate of drug-likeness (QED) is 0.782. The normalized spacial score (nSPS) is 13.4. The Kier molecular flexibility index (Phi) is 5.22. The van der Waals surface area contributed by atoms with Crippen LogP contribution in [0.1, 0.15) is 30.2 Å². The van der Waals surface area contributed by atoms with Gasteiger partial charge in [-0.2, -0.15) is 0 Å². The minimum atomic E-state index is -0.237. The van der Waals surface area contributed by atoms with Crippen LogP contribution in [0.5, 0.6) is 0 Å². The average molecular weight is 228 g/mol. The Morgan fingerprint density at radius 2 is 2.27 bits per heavy atom. The minimum Gasteiger partial charge on any atom is -0.392 e. The summed E-state index contributed by atoms with van der Waals surface area (Å²) in [6.45, 7) is 7.71. The summed E-state index contributed by atoms with van der Waals surface area (Å²) in [6, 6.07) is 0. The van der Waals surface area contributed by atoms with Gasteiger partial charge in [0, 0.05) is 24.2 Å². The molecule has 0 spiro atoms. The molecule has 3 nitrogen and oxygen atoms in total. The SMILES string of the molecule is Cc1ncc(CNCC(O)CC(C)C)s1. The van der Waals surface area contributed by atoms with Gasteiger partial charge in [0.15, 0.2) is 0 Å². The number of thiazole rings is 1. The van der Waals surface area contributed by atoms with Crippen molar-refractivity contribution in [2.24, 2.45) is 5.92 Å². The largest absolute Gasteiger partial charge is 0.392 e. The van der Waals surface area contributed by atoms with Crippen LogP contribution in [0.2, 0.25) is 0 Å². The fourth-order valence-corrected chi connectivity index (χ4v) is 2.24. The Labute approximate surface area is 95.6 Å². The summed E-state index contributed by atoms with van der Waals surface area (Å²) < 4.78 is 0. The minimum absolute atomic E-state index is 0.237. The maximum absolute atomic E-state index is 9.63. The molecule has 0 amide bonds. The van der Waals surface area contributed by atoms with Crippen molar-refractivity contribution in [2.45, 2.75) is 39.8 Å². The molecule has 0 aromatic carbocycles. The molecule has 0 saturated heterocycles. The molecule has 0 radical (unpaired) electrons. The zero-order valence-corrected chi connectivity index (χ0v) is 10.5. The van der Waals surface area contributed by atoms with E-state index in [-0.39, 0.29) is 6.10 Å². The molecule has 0 bridgehead atoms. The third-order valence-electron chi connectivity index (χ3n) is 2.09. The third-order valence-corrected chi connectivity index (χ3v) is 3.00. The standard InChI is InChI=1S/C11H20N2OS/c1-8(2)4-10(14)5-12-6-11-7-13-9(3)15-11/h7-8,10,12,14H,4-6H2,1-3H3. The Balaban J connectivity index is 2.16. The van der Waals surface area contributed by atoms with Crippen molar-refractivity contribution in [3.05, 3.63) is 16.1 Å². The zero-order valence-electron chi connectivity index (χ0n) is 9.66. The van der Waals surface area contributed by atoms with Gasteiger partial charge in [0.25, 0.3) is 0 Å². The maximum Gasteiger partial charge on any atom is 0.0897 e. The molecule has 15 heavy (non-hydrogen) atoms. The van der Waals surface area contributed by atoms with E-state index in [4.69, 9.17) is 0 Å². The van der Waals surface area contributed by atoms with Crippen LogP contribution in [0.15, 0.2) is 6.20 Å². The van der Waals surface area contributed by atoms with Gasteiger partial charge in [0.05, 0.1) is 11.1 Å². The lowest BCUT2D eigenvalue weighted by Crippen LogP contribution is -2.27. The molecule has 1 atom stereocenters. The number of rotatable bonds is 6. The molecule has 1 aromatic heterocycles. The van der Waals surface area contributed by atoms with Gasteiger partial charge in [-0.05, 0) is 19.3 Å². The van der Waals surface area contributed by atoms with Gasteiger partial charge in [-0.3, -0.25) is 0 Å². The third kappa shape index (κ3) is 5.25. The summed E-state index contributed by atoms with van der Waals surface area (Å²) in [5.41, 5.74) is 0. The van der Waals surface area contributed by atoms with Crippen molar-refractivity contribution in [1.29, 1.82) is 0 Å². The van der Waals surface area contributed by atoms with Gasteiger partial charge in [-0.25, -0.2) is 4.98 Å². The topological polar surface area (TPSA) is 45.2 Å². The Hall–Kier alpha value is -0.450. The molecule has 0 aliphatic carbocycles. The lowest BCUT2D eigenvalue weighted by molar-refractivity contribution is 0.146. The van der Waals surface area contributed by atoms with Crippen molar-refractivity contribution in [2.75, 3.05) is 6.54 Å². The number of nitrogens with zero attached hydrogens (tertiary/aromatic N) is 1. The summed E-state index contributed by atoms with van der Waals surface area (Å²) in [5.74, 6) is 0.549. The highest BCUT2D eigenvalue weighted by Gasteiger charge is 2.06. The van der Waals surface area contributed by atoms with Crippen LogP contribution in [0.4, 0.5) is 0 Å². The molecule has 0 fully saturated rings. The number of aliphatic hydroxyl groups excluding tert-OH is 1. The number of hydrogen-bond donors (Lipinski definition) is 2. The summed E-state index contributed by atoms with van der Waals surface area (Å²) in [4.78, 5) is 5.40. The van der Waals surface area contributed by atoms with Gasteiger partial charge in [0.1, 0.15) is 0 Å². The number of hydrogen-bond acceptors (Lipinski definition) is 4. The van der Waals surface area contributed by atoms with Crippen molar-refractivity contribution in [3.8, 4) is 0 Å². The van der Waals surface area contributed by atoms with Crippen LogP contribution >= 0.6 is 11.3 Å². The van der Waals surface area contributed by atoms with Crippen molar-refractivity contribution < 1.29 is 5.11 Å². The molecular formula is C11H20N2OS. The smallest absolute Gasteiger partial charge is 0.0897 e. The first kappa shape index (κ1) is 12.6. The first-order valence-corrected chi connectivity index (χ1v) is 6.19. The number of aryl methyl sites for hydroxylation is 1. The highest BCUT2D eigenvalue weighted by molar-refractivity contribution is 7.11. The van der Waals surface area contributed by atoms with Crippen molar-refractivity contribution in [3.63, 3.8) is 0 Å². The maximum atomic E-state index is 9.63. The molecule has 2 N–H and O–H groups in total. The molecular weight excluding hydrogens is 208 g/mol. The van der Waals surface area contributed by atoms with Crippen LogP contribution in [-0.2, 0) is 6.54 Å². The Morgan fingerprint density at radius 3 is 2.80 bits per heavy atom. The van der Waals surface area contributed by atoms with Crippen molar-refractivity contribution >= 4 is 11.3 Å². The van der Waals surface area contributed by atoms with E-state index in [1.165, 1.54) is 4.88 Å². The molecule has 0 aliphatic rings. The molecule has 1 heterocycles. The Morgan fingerprint density at radius 1 is 1.53 bits per heavy atom. The predicted octanol–water partition coefficient (Wildman–Crippen LogP) is 1.95. The first-order chi connectivity index (χ1) is 7.08. The molecule has 4 heteroatoms.